The zero-order valence-electron chi connectivity index (χ0n) is 20.4. The number of halogens is 1. The van der Waals surface area contributed by atoms with E-state index in [1.54, 1.807) is 12.1 Å². The fourth-order valence-electron chi connectivity index (χ4n) is 3.58. The molecule has 9 heteroatoms. The van der Waals surface area contributed by atoms with E-state index in [0.29, 0.717) is 26.0 Å². The Hall–Kier alpha value is -3.04. The van der Waals surface area contributed by atoms with E-state index in [2.05, 4.69) is 5.32 Å². The van der Waals surface area contributed by atoms with Crippen molar-refractivity contribution in [2.75, 3.05) is 30.3 Å². The third-order valence-corrected chi connectivity index (χ3v) is 7.94. The fourth-order valence-corrected chi connectivity index (χ4v) is 5.40. The fraction of sp³-hybridized carbons (Fsp3) is 0.296. The molecule has 192 valence electrons. The van der Waals surface area contributed by atoms with Gasteiger partial charge < -0.3 is 10.1 Å². The summed E-state index contributed by atoms with van der Waals surface area (Å²) >= 11 is 1.49. The maximum Gasteiger partial charge on any atom is 0.264 e. The molecule has 0 aliphatic heterocycles. The molecule has 0 saturated carbocycles. The Kier molecular flexibility index (Phi) is 10.2. The largest absolute Gasteiger partial charge is 0.493 e. The molecule has 0 atom stereocenters. The summed E-state index contributed by atoms with van der Waals surface area (Å²) in [5.41, 5.74) is 1.14. The van der Waals surface area contributed by atoms with Crippen molar-refractivity contribution in [2.45, 2.75) is 36.0 Å². The predicted molar refractivity (Wildman–Crippen MR) is 143 cm³/mol. The number of aryl methyl sites for hydroxylation is 1. The number of hydrogen-bond donors (Lipinski definition) is 1. The molecule has 0 spiro atoms. The van der Waals surface area contributed by atoms with Gasteiger partial charge in [0.1, 0.15) is 18.1 Å². The van der Waals surface area contributed by atoms with Gasteiger partial charge in [0.15, 0.2) is 0 Å². The lowest BCUT2D eigenvalue weighted by Gasteiger charge is -2.24. The summed E-state index contributed by atoms with van der Waals surface area (Å²) in [6, 6.07) is 19.4. The van der Waals surface area contributed by atoms with Gasteiger partial charge in [-0.05, 0) is 79.6 Å². The van der Waals surface area contributed by atoms with E-state index in [4.69, 9.17) is 4.74 Å². The quantitative estimate of drug-likeness (QED) is 0.240. The van der Waals surface area contributed by atoms with E-state index in [1.807, 2.05) is 37.4 Å². The molecule has 0 saturated heterocycles. The number of hydrogen-bond acceptors (Lipinski definition) is 5. The van der Waals surface area contributed by atoms with Crippen molar-refractivity contribution in [3.63, 3.8) is 0 Å². The Labute approximate surface area is 216 Å². The number of rotatable bonds is 13. The molecule has 1 amide bonds. The van der Waals surface area contributed by atoms with Crippen LogP contribution in [0.2, 0.25) is 0 Å². The lowest BCUT2D eigenvalue weighted by atomic mass is 10.1. The standard InChI is InChI=1S/C27H31FN2O4S2/c1-3-18-34-26-12-5-4-8-21(26)9-7-17-29-27(31)20-30(23-11-6-10-22(28)19-23)36(32,33)25-15-13-24(35-2)14-16-25/h4-6,8,10-16,19H,3,7,9,17-18,20H2,1-2H3,(H,29,31). The van der Waals surface area contributed by atoms with Crippen molar-refractivity contribution < 1.29 is 22.3 Å². The first kappa shape index (κ1) is 27.5. The highest BCUT2D eigenvalue weighted by Crippen LogP contribution is 2.26. The number of carbonyl (C=O) groups excluding carboxylic acids is 1. The van der Waals surface area contributed by atoms with Crippen molar-refractivity contribution in [3.05, 3.63) is 84.2 Å². The predicted octanol–water partition coefficient (Wildman–Crippen LogP) is 5.28. The molecule has 3 aromatic rings. The second kappa shape index (κ2) is 13.3. The van der Waals surface area contributed by atoms with Crippen LogP contribution in [0.1, 0.15) is 25.3 Å². The van der Waals surface area contributed by atoms with Crippen LogP contribution in [-0.2, 0) is 21.2 Å². The van der Waals surface area contributed by atoms with Gasteiger partial charge in [0.05, 0.1) is 17.2 Å². The average molecular weight is 531 g/mol. The van der Waals surface area contributed by atoms with Crippen LogP contribution in [0.3, 0.4) is 0 Å². The zero-order valence-corrected chi connectivity index (χ0v) is 22.1. The minimum atomic E-state index is -4.10. The normalized spacial score (nSPS) is 11.2. The molecule has 0 heterocycles. The summed E-state index contributed by atoms with van der Waals surface area (Å²) < 4.78 is 47.5. The number of nitrogens with one attached hydrogen (secondary N) is 1. The van der Waals surface area contributed by atoms with Crippen LogP contribution < -0.4 is 14.4 Å². The molecule has 0 radical (unpaired) electrons. The summed E-state index contributed by atoms with van der Waals surface area (Å²) in [5, 5.41) is 2.79. The lowest BCUT2D eigenvalue weighted by Crippen LogP contribution is -2.41. The van der Waals surface area contributed by atoms with Gasteiger partial charge in [-0.15, -0.1) is 11.8 Å². The number of ether oxygens (including phenoxy) is 1. The summed E-state index contributed by atoms with van der Waals surface area (Å²) in [4.78, 5) is 13.7. The number of carbonyl (C=O) groups is 1. The van der Waals surface area contributed by atoms with Crippen molar-refractivity contribution in [2.24, 2.45) is 0 Å². The first-order valence-electron chi connectivity index (χ1n) is 11.7. The van der Waals surface area contributed by atoms with Gasteiger partial charge in [-0.25, -0.2) is 12.8 Å². The highest BCUT2D eigenvalue weighted by Gasteiger charge is 2.27. The number of thioether (sulfide) groups is 1. The number of nitrogens with zero attached hydrogens (tertiary/aromatic N) is 1. The van der Waals surface area contributed by atoms with Crippen molar-refractivity contribution >= 4 is 33.4 Å². The monoisotopic (exact) mass is 530 g/mol. The van der Waals surface area contributed by atoms with Crippen LogP contribution in [0, 0.1) is 5.82 Å². The van der Waals surface area contributed by atoms with Gasteiger partial charge in [-0.2, -0.15) is 0 Å². The first-order chi connectivity index (χ1) is 17.3. The molecule has 3 rings (SSSR count). The molecule has 6 nitrogen and oxygen atoms in total. The molecule has 1 N–H and O–H groups in total. The molecule has 0 unspecified atom stereocenters. The van der Waals surface area contributed by atoms with E-state index < -0.39 is 28.3 Å². The van der Waals surface area contributed by atoms with Crippen LogP contribution in [0.4, 0.5) is 10.1 Å². The van der Waals surface area contributed by atoms with Gasteiger partial charge in [-0.3, -0.25) is 9.10 Å². The van der Waals surface area contributed by atoms with E-state index in [0.717, 1.165) is 33.0 Å². The Morgan fingerprint density at radius 1 is 1.06 bits per heavy atom. The summed E-state index contributed by atoms with van der Waals surface area (Å²) in [7, 11) is -4.10. The number of anilines is 1. The summed E-state index contributed by atoms with van der Waals surface area (Å²) in [6.07, 6.45) is 4.16. The first-order valence-corrected chi connectivity index (χ1v) is 14.4. The highest BCUT2D eigenvalue weighted by atomic mass is 32.2. The number of sulfonamides is 1. The van der Waals surface area contributed by atoms with Crippen molar-refractivity contribution in [3.8, 4) is 5.75 Å². The minimum absolute atomic E-state index is 0.0287. The van der Waals surface area contributed by atoms with Crippen LogP contribution in [-0.4, -0.2) is 40.3 Å². The van der Waals surface area contributed by atoms with Crippen molar-refractivity contribution in [1.82, 2.24) is 5.32 Å². The zero-order chi connectivity index (χ0) is 26.0. The Morgan fingerprint density at radius 3 is 2.50 bits per heavy atom. The smallest absolute Gasteiger partial charge is 0.264 e. The maximum absolute atomic E-state index is 13.9. The molecule has 0 aliphatic carbocycles. The van der Waals surface area contributed by atoms with Crippen LogP contribution in [0.15, 0.2) is 82.6 Å². The van der Waals surface area contributed by atoms with E-state index in [-0.39, 0.29) is 10.6 Å². The summed E-state index contributed by atoms with van der Waals surface area (Å²) in [6.45, 7) is 2.58. The second-order valence-corrected chi connectivity index (χ2v) is 10.8. The van der Waals surface area contributed by atoms with Crippen LogP contribution in [0.25, 0.3) is 0 Å². The van der Waals surface area contributed by atoms with Gasteiger partial charge in [0, 0.05) is 11.4 Å². The van der Waals surface area contributed by atoms with Crippen LogP contribution >= 0.6 is 11.8 Å². The Morgan fingerprint density at radius 2 is 1.81 bits per heavy atom. The summed E-state index contributed by atoms with van der Waals surface area (Å²) in [5.74, 6) is -0.226. The minimum Gasteiger partial charge on any atom is -0.493 e. The second-order valence-electron chi connectivity index (χ2n) is 8.08. The molecule has 0 bridgehead atoms. The maximum atomic E-state index is 13.9. The van der Waals surface area contributed by atoms with Gasteiger partial charge in [-0.1, -0.05) is 31.2 Å². The Balaban J connectivity index is 1.68. The average Bonchev–Trinajstić information content (AvgIpc) is 2.89. The van der Waals surface area contributed by atoms with Gasteiger partial charge in [0.25, 0.3) is 10.0 Å². The van der Waals surface area contributed by atoms with Crippen molar-refractivity contribution in [1.29, 1.82) is 0 Å². The lowest BCUT2D eigenvalue weighted by molar-refractivity contribution is -0.119. The SMILES string of the molecule is CCCOc1ccccc1CCCNC(=O)CN(c1cccc(F)c1)S(=O)(=O)c1ccc(SC)cc1. The molecule has 3 aromatic carbocycles. The topological polar surface area (TPSA) is 75.7 Å². The van der Waals surface area contributed by atoms with E-state index in [1.165, 1.54) is 42.1 Å². The third-order valence-electron chi connectivity index (χ3n) is 5.41. The Bertz CT molecular complexity index is 1250. The molecular formula is C27H31FN2O4S2. The molecule has 0 aromatic heterocycles. The number of benzene rings is 3. The van der Waals surface area contributed by atoms with Gasteiger partial charge in [0.2, 0.25) is 5.91 Å². The number of amides is 1. The molecule has 0 fully saturated rings. The number of para-hydroxylation sites is 1. The molecular weight excluding hydrogens is 499 g/mol. The van der Waals surface area contributed by atoms with E-state index in [9.17, 15) is 17.6 Å². The third kappa shape index (κ3) is 7.48. The van der Waals surface area contributed by atoms with Gasteiger partial charge >= 0.3 is 0 Å². The molecule has 0 aliphatic rings. The van der Waals surface area contributed by atoms with Crippen LogP contribution in [0.5, 0.6) is 5.75 Å². The molecule has 36 heavy (non-hydrogen) atoms. The highest BCUT2D eigenvalue weighted by molar-refractivity contribution is 7.98. The van der Waals surface area contributed by atoms with E-state index >= 15 is 0 Å².